The van der Waals surface area contributed by atoms with Crippen LogP contribution in [0.2, 0.25) is 10.3 Å². The minimum absolute atomic E-state index is 0. The SMILES string of the molecule is C1CCOC1.Fc1ccc(-n2ncc3cc(Br)ccc32)cc1.O=C(c1c[nH]c2c(Cl)nccc12)C(F)(F)F.OC(c1ccc2c(cnn2-c2ccc(F)cc2)c1)(c1c[nH]c2c(Cl)nccc12)C(F)(F)F.[CH2-]CCC.[Li+]. The van der Waals surface area contributed by atoms with Crippen molar-refractivity contribution in [2.45, 2.75) is 50.6 Å². The second-order valence-electron chi connectivity index (χ2n) is 16.2. The predicted octanol–water partition coefficient (Wildman–Crippen LogP) is 11.8. The van der Waals surface area contributed by atoms with E-state index in [0.29, 0.717) is 16.6 Å². The minimum atomic E-state index is -5.04. The largest absolute Gasteiger partial charge is 1.00 e. The molecule has 10 aromatic rings. The normalized spacial score (nSPS) is 13.1. The maximum Gasteiger partial charge on any atom is 1.00 e. The Labute approximate surface area is 453 Å². The van der Waals surface area contributed by atoms with Gasteiger partial charge in [0.25, 0.3) is 5.78 Å². The van der Waals surface area contributed by atoms with E-state index >= 15 is 0 Å². The van der Waals surface area contributed by atoms with Crippen molar-refractivity contribution in [3.63, 3.8) is 0 Å². The molecule has 0 aliphatic carbocycles. The van der Waals surface area contributed by atoms with Crippen LogP contribution in [0.1, 0.15) is 54.1 Å². The van der Waals surface area contributed by atoms with E-state index < -0.39 is 40.7 Å². The summed E-state index contributed by atoms with van der Waals surface area (Å²) in [4.78, 5) is 23.7. The number of nitrogens with one attached hydrogen (secondary N) is 2. The molecule has 386 valence electrons. The van der Waals surface area contributed by atoms with Gasteiger partial charge < -0.3 is 26.7 Å². The molecule has 23 heteroatoms. The predicted molar refractivity (Wildman–Crippen MR) is 272 cm³/mol. The number of rotatable bonds is 6. The van der Waals surface area contributed by atoms with Crippen molar-refractivity contribution < 1.29 is 68.6 Å². The maximum atomic E-state index is 14.3. The molecule has 0 spiro atoms. The number of fused-ring (bicyclic) bond motifs is 4. The first-order valence-corrected chi connectivity index (χ1v) is 24.0. The molecule has 6 aromatic heterocycles. The standard InChI is InChI=1S/C22H13ClF4N4O.C13H8BrFN2.C9H4ClF3N2O.C4H8O.C4H9.Li/c23-20-19-16(7-8-28-20)17(11-29-19)21(32,22(25,26)27)13-1-6-18-12(9-13)10-30-31(18)15-4-2-14(24)3-5-15;14-10-1-6-13-9(7-10)8-16-17(13)12-4-2-11(15)3-5-12;10-8-6-4(1-2-14-8)5(3-15-6)7(16)9(11,12)13;1-2-4-5-3-1;1-3-4-2;/h1-11,29,32H;1-8H;1-3,15H;1-4H2;1,3-4H2,2H3;/q;;;;-1;+1. The zero-order chi connectivity index (χ0) is 53.4. The van der Waals surface area contributed by atoms with Gasteiger partial charge in [-0.3, -0.25) is 4.79 Å². The smallest absolute Gasteiger partial charge is 0.381 e. The number of carbonyl (C=O) groups is 1. The molecule has 0 saturated carbocycles. The molecule has 1 unspecified atom stereocenters. The molecule has 0 bridgehead atoms. The summed E-state index contributed by atoms with van der Waals surface area (Å²) in [6.07, 6.45) is 2.65. The molecule has 4 aromatic carbocycles. The molecule has 11 rings (SSSR count). The molecule has 11 nitrogen and oxygen atoms in total. The van der Waals surface area contributed by atoms with Crippen molar-refractivity contribution in [1.29, 1.82) is 0 Å². The fourth-order valence-electron chi connectivity index (χ4n) is 7.50. The summed E-state index contributed by atoms with van der Waals surface area (Å²) in [6.45, 7) is 7.72. The van der Waals surface area contributed by atoms with Gasteiger partial charge in [0.15, 0.2) is 10.3 Å². The number of nitrogens with zero attached hydrogens (tertiary/aromatic N) is 6. The Morgan fingerprint density at radius 3 is 1.69 bits per heavy atom. The number of aliphatic hydroxyl groups is 1. The van der Waals surface area contributed by atoms with E-state index in [1.54, 1.807) is 23.0 Å². The number of hydrogen-bond donors (Lipinski definition) is 3. The number of Topliss-reactive ketones (excluding diaryl/α,β-unsaturated/α-hetero) is 1. The first-order valence-electron chi connectivity index (χ1n) is 22.4. The van der Waals surface area contributed by atoms with Gasteiger partial charge in [-0.2, -0.15) is 43.0 Å². The van der Waals surface area contributed by atoms with Crippen LogP contribution in [0.5, 0.6) is 0 Å². The monoisotopic (exact) mass is 1130 g/mol. The van der Waals surface area contributed by atoms with Gasteiger partial charge in [-0.1, -0.05) is 58.5 Å². The summed E-state index contributed by atoms with van der Waals surface area (Å²) in [7, 11) is 0. The second-order valence-corrected chi connectivity index (χ2v) is 17.8. The van der Waals surface area contributed by atoms with Gasteiger partial charge in [-0.05, 0) is 109 Å². The van der Waals surface area contributed by atoms with E-state index in [9.17, 15) is 45.0 Å². The number of pyridine rings is 2. The Kier molecular flexibility index (Phi) is 19.5. The molecular formula is C52H42BrCl2F8LiN8O3. The molecule has 75 heavy (non-hydrogen) atoms. The van der Waals surface area contributed by atoms with E-state index in [4.69, 9.17) is 27.9 Å². The van der Waals surface area contributed by atoms with E-state index in [1.807, 2.05) is 18.2 Å². The first kappa shape index (κ1) is 58.2. The van der Waals surface area contributed by atoms with E-state index in [1.165, 1.54) is 109 Å². The average Bonchev–Trinajstić information content (AvgIpc) is 4.25. The molecule has 1 aliphatic rings. The molecule has 1 aliphatic heterocycles. The molecule has 1 saturated heterocycles. The van der Waals surface area contributed by atoms with Gasteiger partial charge in [0.2, 0.25) is 5.60 Å². The molecule has 1 atom stereocenters. The summed E-state index contributed by atoms with van der Waals surface area (Å²) in [5.74, 6) is -2.56. The Hall–Kier alpha value is -6.11. The van der Waals surface area contributed by atoms with Crippen molar-refractivity contribution in [2.75, 3.05) is 13.2 Å². The van der Waals surface area contributed by atoms with Crippen molar-refractivity contribution >= 4 is 88.5 Å². The van der Waals surface area contributed by atoms with Crippen LogP contribution in [0.4, 0.5) is 35.1 Å². The number of H-pyrrole nitrogens is 2. The summed E-state index contributed by atoms with van der Waals surface area (Å²) in [6, 6.07) is 24.3. The second kappa shape index (κ2) is 25.2. The van der Waals surface area contributed by atoms with Crippen molar-refractivity contribution in [2.24, 2.45) is 0 Å². The Morgan fingerprint density at radius 1 is 0.733 bits per heavy atom. The molecule has 3 N–H and O–H groups in total. The van der Waals surface area contributed by atoms with Crippen LogP contribution in [0.25, 0.3) is 55.0 Å². The van der Waals surface area contributed by atoms with Crippen LogP contribution in [0, 0.1) is 18.6 Å². The fraction of sp³-hybridized carbons (Fsp3) is 0.192. The topological polar surface area (TPSA) is 140 Å². The summed E-state index contributed by atoms with van der Waals surface area (Å²) in [5.41, 5.74) is -1.25. The third-order valence-electron chi connectivity index (χ3n) is 11.3. The summed E-state index contributed by atoms with van der Waals surface area (Å²) < 4.78 is 115. The Balaban J connectivity index is 0.000000179. The number of ether oxygens (including phenoxy) is 1. The quantitative estimate of drug-likeness (QED) is 0.0495. The number of aromatic nitrogens is 8. The zero-order valence-electron chi connectivity index (χ0n) is 39.8. The van der Waals surface area contributed by atoms with E-state index in [-0.39, 0.29) is 62.4 Å². The van der Waals surface area contributed by atoms with Gasteiger partial charge in [0.05, 0.1) is 51.4 Å². The summed E-state index contributed by atoms with van der Waals surface area (Å²) >= 11 is 15.1. The van der Waals surface area contributed by atoms with E-state index in [2.05, 4.69) is 59.9 Å². The van der Waals surface area contributed by atoms with Crippen LogP contribution >= 0.6 is 39.1 Å². The number of alkyl halides is 6. The van der Waals surface area contributed by atoms with Crippen LogP contribution in [-0.2, 0) is 10.3 Å². The number of ketones is 1. The number of benzene rings is 4. The average molecular weight is 1140 g/mol. The maximum absolute atomic E-state index is 14.3. The number of hydrogen-bond acceptors (Lipinski definition) is 7. The van der Waals surface area contributed by atoms with Crippen molar-refractivity contribution in [1.82, 2.24) is 39.5 Å². The van der Waals surface area contributed by atoms with Crippen molar-refractivity contribution in [3.05, 3.63) is 184 Å². The van der Waals surface area contributed by atoms with Gasteiger partial charge in [-0.15, -0.1) is 0 Å². The fourth-order valence-corrected chi connectivity index (χ4v) is 8.30. The van der Waals surface area contributed by atoms with Crippen LogP contribution in [0.3, 0.4) is 0 Å². The Bertz CT molecular complexity index is 3500. The zero-order valence-corrected chi connectivity index (χ0v) is 42.9. The molecule has 7 heterocycles. The number of unbranched alkanes of at least 4 members (excludes halogenated alkanes) is 1. The number of aromatic amines is 2. The number of halogens is 11. The van der Waals surface area contributed by atoms with Gasteiger partial charge in [0.1, 0.15) is 11.6 Å². The molecule has 0 radical (unpaired) electrons. The number of carbonyl (C=O) groups excluding carboxylic acids is 1. The van der Waals surface area contributed by atoms with Gasteiger partial charge in [0, 0.05) is 69.6 Å². The minimum Gasteiger partial charge on any atom is -0.381 e. The molecular weight excluding hydrogens is 1090 g/mol. The van der Waals surface area contributed by atoms with Crippen LogP contribution in [-0.4, -0.2) is 76.0 Å². The third-order valence-corrected chi connectivity index (χ3v) is 12.3. The molecule has 1 fully saturated rings. The Morgan fingerprint density at radius 2 is 1.21 bits per heavy atom. The van der Waals surface area contributed by atoms with Crippen molar-refractivity contribution in [3.8, 4) is 11.4 Å². The first-order chi connectivity index (χ1) is 35.3. The van der Waals surface area contributed by atoms with Gasteiger partial charge in [-0.25, -0.2) is 28.1 Å². The van der Waals surface area contributed by atoms with Crippen LogP contribution in [0.15, 0.2) is 139 Å². The van der Waals surface area contributed by atoms with Crippen LogP contribution < -0.4 is 18.9 Å². The molecule has 0 amide bonds. The summed E-state index contributed by atoms with van der Waals surface area (Å²) in [5, 5.41) is 21.3. The third kappa shape index (κ3) is 13.3. The van der Waals surface area contributed by atoms with Gasteiger partial charge >= 0.3 is 31.2 Å². The van der Waals surface area contributed by atoms with E-state index in [0.717, 1.165) is 53.1 Å².